The second kappa shape index (κ2) is 15.0. The van der Waals surface area contributed by atoms with Crippen LogP contribution >= 0.6 is 22.7 Å². The summed E-state index contributed by atoms with van der Waals surface area (Å²) in [5.41, 5.74) is 7.84. The second-order valence-electron chi connectivity index (χ2n) is 11.5. The molecule has 48 heavy (non-hydrogen) atoms. The Hall–Kier alpha value is -5.46. The van der Waals surface area contributed by atoms with Crippen molar-refractivity contribution in [3.8, 4) is 21.7 Å². The number of carbonyl (C=O) groups excluding carboxylic acids is 2. The van der Waals surface area contributed by atoms with Gasteiger partial charge >= 0.3 is 12.1 Å². The SMILES string of the molecule is CN(CCOC(=O)NCc1ccc(COc2nc(N)nc3[nH]cnc23)cc1)c1ccc(-c2ccc(/C=C(\C#N)C(=O)OC(C)(C)C)s2)s1. The van der Waals surface area contributed by atoms with Crippen molar-refractivity contribution in [1.82, 2.24) is 25.3 Å². The summed E-state index contributed by atoms with van der Waals surface area (Å²) in [6, 6.07) is 17.4. The van der Waals surface area contributed by atoms with Crippen LogP contribution in [0.3, 0.4) is 0 Å². The van der Waals surface area contributed by atoms with Gasteiger partial charge in [0.2, 0.25) is 11.8 Å². The first-order chi connectivity index (χ1) is 23.0. The van der Waals surface area contributed by atoms with E-state index in [2.05, 4.69) is 25.3 Å². The smallest absolute Gasteiger partial charge is 0.407 e. The number of H-pyrrole nitrogens is 1. The first-order valence-electron chi connectivity index (χ1n) is 14.8. The van der Waals surface area contributed by atoms with Crippen molar-refractivity contribution in [2.75, 3.05) is 30.8 Å². The molecule has 1 amide bonds. The number of nitriles is 1. The molecular weight excluding hydrogens is 653 g/mol. The quantitative estimate of drug-likeness (QED) is 0.0806. The summed E-state index contributed by atoms with van der Waals surface area (Å²) in [5.74, 6) is -0.248. The number of esters is 1. The number of nitrogens with zero attached hydrogens (tertiary/aromatic N) is 5. The number of aromatic nitrogens is 4. The fourth-order valence-electron chi connectivity index (χ4n) is 4.28. The lowest BCUT2D eigenvalue weighted by Gasteiger charge is -2.18. The lowest BCUT2D eigenvalue weighted by atomic mass is 10.1. The van der Waals surface area contributed by atoms with Crippen LogP contribution in [0.25, 0.3) is 27.0 Å². The van der Waals surface area contributed by atoms with Crippen LogP contribution in [-0.4, -0.2) is 57.8 Å². The summed E-state index contributed by atoms with van der Waals surface area (Å²) in [5, 5.41) is 13.2. The number of likely N-dealkylation sites (N-methyl/N-ethyl adjacent to an activating group) is 1. The Labute approximate surface area is 285 Å². The number of alkyl carbamates (subject to hydrolysis) is 1. The van der Waals surface area contributed by atoms with Crippen LogP contribution in [0.5, 0.6) is 5.88 Å². The van der Waals surface area contributed by atoms with Crippen molar-refractivity contribution in [3.63, 3.8) is 0 Å². The maximum absolute atomic E-state index is 12.3. The Bertz CT molecular complexity index is 1970. The molecule has 0 saturated heterocycles. The van der Waals surface area contributed by atoms with Crippen LogP contribution in [-0.2, 0) is 27.4 Å². The zero-order valence-electron chi connectivity index (χ0n) is 26.8. The number of hydrogen-bond donors (Lipinski definition) is 3. The highest BCUT2D eigenvalue weighted by Crippen LogP contribution is 2.37. The van der Waals surface area contributed by atoms with Gasteiger partial charge in [0.25, 0.3) is 0 Å². The number of nitrogens with one attached hydrogen (secondary N) is 2. The lowest BCUT2D eigenvalue weighted by molar-refractivity contribution is -0.149. The first kappa shape index (κ1) is 33.9. The van der Waals surface area contributed by atoms with Gasteiger partial charge in [0.15, 0.2) is 11.2 Å². The van der Waals surface area contributed by atoms with Crippen molar-refractivity contribution in [2.24, 2.45) is 0 Å². The molecule has 0 radical (unpaired) electrons. The van der Waals surface area contributed by atoms with Gasteiger partial charge in [-0.1, -0.05) is 24.3 Å². The summed E-state index contributed by atoms with van der Waals surface area (Å²) in [7, 11) is 1.93. The highest BCUT2D eigenvalue weighted by molar-refractivity contribution is 7.24. The monoisotopic (exact) mass is 686 g/mol. The van der Waals surface area contributed by atoms with Crippen molar-refractivity contribution in [2.45, 2.75) is 39.5 Å². The molecule has 0 aliphatic heterocycles. The van der Waals surface area contributed by atoms with E-state index in [0.717, 1.165) is 30.8 Å². The Morgan fingerprint density at radius 3 is 2.54 bits per heavy atom. The molecule has 0 bridgehead atoms. The van der Waals surface area contributed by atoms with E-state index >= 15 is 0 Å². The molecule has 4 heterocycles. The minimum atomic E-state index is -0.682. The number of aromatic amines is 1. The molecule has 248 valence electrons. The van der Waals surface area contributed by atoms with E-state index in [1.807, 2.05) is 66.5 Å². The number of benzene rings is 1. The molecule has 0 aliphatic carbocycles. The third-order valence-corrected chi connectivity index (χ3v) is 9.05. The summed E-state index contributed by atoms with van der Waals surface area (Å²) >= 11 is 3.07. The van der Waals surface area contributed by atoms with Crippen LogP contribution < -0.4 is 20.7 Å². The van der Waals surface area contributed by atoms with Gasteiger partial charge in [0.1, 0.15) is 30.5 Å². The Kier molecular flexibility index (Phi) is 10.6. The lowest BCUT2D eigenvalue weighted by Crippen LogP contribution is -2.28. The molecule has 0 spiro atoms. The normalized spacial score (nSPS) is 11.6. The molecule has 0 aliphatic rings. The maximum atomic E-state index is 12.3. The predicted octanol–water partition coefficient (Wildman–Crippen LogP) is 5.92. The van der Waals surface area contributed by atoms with E-state index in [1.54, 1.807) is 38.2 Å². The molecule has 15 heteroatoms. The molecule has 5 rings (SSSR count). The van der Waals surface area contributed by atoms with Crippen LogP contribution in [0.2, 0.25) is 0 Å². The van der Waals surface area contributed by atoms with Crippen LogP contribution in [0.4, 0.5) is 15.7 Å². The number of imidazole rings is 1. The molecule has 0 saturated carbocycles. The highest BCUT2D eigenvalue weighted by atomic mass is 32.1. The van der Waals surface area contributed by atoms with Crippen molar-refractivity contribution in [3.05, 3.63) is 76.4 Å². The Morgan fingerprint density at radius 1 is 1.06 bits per heavy atom. The van der Waals surface area contributed by atoms with Gasteiger partial charge in [-0.05, 0) is 62.2 Å². The van der Waals surface area contributed by atoms with E-state index in [1.165, 1.54) is 17.7 Å². The van der Waals surface area contributed by atoms with Crippen molar-refractivity contribution >= 4 is 62.9 Å². The van der Waals surface area contributed by atoms with Gasteiger partial charge in [0, 0.05) is 28.2 Å². The summed E-state index contributed by atoms with van der Waals surface area (Å²) < 4.78 is 16.5. The van der Waals surface area contributed by atoms with Crippen LogP contribution in [0, 0.1) is 11.3 Å². The molecule has 1 aromatic carbocycles. The van der Waals surface area contributed by atoms with Gasteiger partial charge in [-0.2, -0.15) is 15.2 Å². The largest absolute Gasteiger partial charge is 0.471 e. The molecule has 0 unspecified atom stereocenters. The number of hydrogen-bond acceptors (Lipinski definition) is 13. The zero-order chi connectivity index (χ0) is 34.3. The van der Waals surface area contributed by atoms with Gasteiger partial charge in [-0.3, -0.25) is 0 Å². The first-order valence-corrected chi connectivity index (χ1v) is 16.4. The standard InChI is InChI=1S/C33H34N8O5S2/c1-33(2,3)46-30(42)22(16-34)15-23-9-10-24(47-23)25-11-12-26(48-25)41(4)13-14-44-32(43)36-17-20-5-7-21(8-6-20)18-45-29-27-28(38-19-37-27)39-31(35)40-29/h5-12,15,19H,13-14,17-18H2,1-4H3,(H,36,43)(H3,35,37,38,39,40)/b22-15+. The number of amides is 1. The number of carbonyl (C=O) groups is 2. The Balaban J connectivity index is 1.04. The molecule has 4 aromatic heterocycles. The third kappa shape index (κ3) is 9.08. The zero-order valence-corrected chi connectivity index (χ0v) is 28.4. The predicted molar refractivity (Wildman–Crippen MR) is 185 cm³/mol. The van der Waals surface area contributed by atoms with Crippen LogP contribution in [0.15, 0.2) is 60.4 Å². The van der Waals surface area contributed by atoms with Gasteiger partial charge in [-0.15, -0.1) is 22.7 Å². The average molecular weight is 687 g/mol. The van der Waals surface area contributed by atoms with E-state index in [-0.39, 0.29) is 24.7 Å². The fourth-order valence-corrected chi connectivity index (χ4v) is 6.32. The van der Waals surface area contributed by atoms with Gasteiger partial charge in [0.05, 0.1) is 17.9 Å². The van der Waals surface area contributed by atoms with E-state index in [9.17, 15) is 14.9 Å². The highest BCUT2D eigenvalue weighted by Gasteiger charge is 2.20. The molecule has 0 atom stereocenters. The minimum absolute atomic E-state index is 0.0453. The van der Waals surface area contributed by atoms with Crippen LogP contribution in [0.1, 0.15) is 36.8 Å². The summed E-state index contributed by atoms with van der Waals surface area (Å²) in [6.45, 7) is 6.56. The van der Waals surface area contributed by atoms with Gasteiger partial charge < -0.3 is 35.1 Å². The van der Waals surface area contributed by atoms with Crippen molar-refractivity contribution < 1.29 is 23.8 Å². The average Bonchev–Trinajstić information content (AvgIpc) is 3.82. The number of nitrogens with two attached hydrogens (primary N) is 1. The molecule has 0 fully saturated rings. The number of nitrogen functional groups attached to an aromatic ring is 1. The van der Waals surface area contributed by atoms with E-state index in [4.69, 9.17) is 19.9 Å². The number of ether oxygens (including phenoxy) is 3. The second-order valence-corrected chi connectivity index (χ2v) is 13.7. The number of anilines is 2. The summed E-state index contributed by atoms with van der Waals surface area (Å²) in [4.78, 5) is 44.7. The van der Waals surface area contributed by atoms with Crippen molar-refractivity contribution in [1.29, 1.82) is 5.26 Å². The number of rotatable bonds is 12. The Morgan fingerprint density at radius 2 is 1.79 bits per heavy atom. The van der Waals surface area contributed by atoms with E-state index < -0.39 is 17.7 Å². The maximum Gasteiger partial charge on any atom is 0.407 e. The number of fused-ring (bicyclic) bond motifs is 1. The molecule has 4 N–H and O–H groups in total. The summed E-state index contributed by atoms with van der Waals surface area (Å²) in [6.07, 6.45) is 2.55. The molecular formula is C33H34N8O5S2. The van der Waals surface area contributed by atoms with E-state index in [0.29, 0.717) is 30.1 Å². The molecule has 13 nitrogen and oxygen atoms in total. The molecule has 5 aromatic rings. The van der Waals surface area contributed by atoms with Gasteiger partial charge in [-0.25, -0.2) is 14.6 Å². The fraction of sp³-hybridized carbons (Fsp3) is 0.273. The number of thiophene rings is 2. The topological polar surface area (TPSA) is 181 Å². The minimum Gasteiger partial charge on any atom is -0.471 e. The third-order valence-electron chi connectivity index (χ3n) is 6.62.